The number of pyridine rings is 1. The molecule has 152 valence electrons. The first kappa shape index (κ1) is 21.4. The molecule has 2 aromatic heterocycles. The zero-order valence-electron chi connectivity index (χ0n) is 15.9. The molecule has 0 radical (unpaired) electrons. The Labute approximate surface area is 183 Å². The molecule has 0 unspecified atom stereocenters. The van der Waals surface area contributed by atoms with Gasteiger partial charge in [-0.15, -0.1) is 0 Å². The largest absolute Gasteiger partial charge is 0.351 e. The molecule has 2 N–H and O–H groups in total. The van der Waals surface area contributed by atoms with Crippen LogP contribution in [0.15, 0.2) is 30.5 Å². The van der Waals surface area contributed by atoms with Crippen LogP contribution in [-0.2, 0) is 4.79 Å². The first-order chi connectivity index (χ1) is 13.8. The summed E-state index contributed by atoms with van der Waals surface area (Å²) in [6.45, 7) is 4.09. The fourth-order valence-corrected chi connectivity index (χ4v) is 3.90. The van der Waals surface area contributed by atoms with E-state index in [-0.39, 0.29) is 28.3 Å². The van der Waals surface area contributed by atoms with Crippen molar-refractivity contribution in [2.75, 3.05) is 11.9 Å². The van der Waals surface area contributed by atoms with E-state index in [2.05, 4.69) is 15.6 Å². The molecule has 29 heavy (non-hydrogen) atoms. The quantitative estimate of drug-likeness (QED) is 0.512. The van der Waals surface area contributed by atoms with E-state index in [0.717, 1.165) is 11.2 Å². The van der Waals surface area contributed by atoms with Gasteiger partial charge < -0.3 is 10.6 Å². The Kier molecular flexibility index (Phi) is 6.67. The first-order valence-electron chi connectivity index (χ1n) is 8.94. The lowest BCUT2D eigenvalue weighted by atomic mass is 10.2. The highest BCUT2D eigenvalue weighted by atomic mass is 35.5. The number of benzene rings is 1. The minimum Gasteiger partial charge on any atom is -0.351 e. The van der Waals surface area contributed by atoms with Crippen LogP contribution in [-0.4, -0.2) is 27.7 Å². The van der Waals surface area contributed by atoms with Crippen molar-refractivity contribution in [2.45, 2.75) is 26.7 Å². The predicted molar refractivity (Wildman–Crippen MR) is 116 cm³/mol. The molecule has 0 bridgehead atoms. The summed E-state index contributed by atoms with van der Waals surface area (Å²) in [6.07, 6.45) is 2.46. The minimum absolute atomic E-state index is 0.195. The molecule has 0 fully saturated rings. The molecule has 0 saturated heterocycles. The van der Waals surface area contributed by atoms with Gasteiger partial charge in [0.2, 0.25) is 5.91 Å². The number of aromatic nitrogens is 2. The minimum atomic E-state index is -0.257. The van der Waals surface area contributed by atoms with Gasteiger partial charge in [-0.3, -0.25) is 14.0 Å². The van der Waals surface area contributed by atoms with Crippen molar-refractivity contribution < 1.29 is 9.59 Å². The van der Waals surface area contributed by atoms with Crippen LogP contribution >= 0.6 is 34.8 Å². The van der Waals surface area contributed by atoms with E-state index in [1.807, 2.05) is 25.3 Å². The molecule has 0 spiro atoms. The highest BCUT2D eigenvalue weighted by Crippen LogP contribution is 2.33. The average Bonchev–Trinajstić information content (AvgIpc) is 2.99. The lowest BCUT2D eigenvalue weighted by Gasteiger charge is -2.10. The van der Waals surface area contributed by atoms with E-state index in [1.165, 1.54) is 12.1 Å². The summed E-state index contributed by atoms with van der Waals surface area (Å²) in [4.78, 5) is 29.2. The number of anilines is 1. The number of nitrogens with one attached hydrogen (secondary N) is 2. The summed E-state index contributed by atoms with van der Waals surface area (Å²) < 4.78 is 1.78. The van der Waals surface area contributed by atoms with Crippen molar-refractivity contribution >= 4 is 58.0 Å². The van der Waals surface area contributed by atoms with Crippen molar-refractivity contribution in [3.05, 3.63) is 62.5 Å². The van der Waals surface area contributed by atoms with Crippen LogP contribution in [0.25, 0.3) is 5.65 Å². The van der Waals surface area contributed by atoms with Crippen molar-refractivity contribution in [2.24, 2.45) is 0 Å². The monoisotopic (exact) mass is 452 g/mol. The number of nitrogens with zero attached hydrogens (tertiary/aromatic N) is 2. The van der Waals surface area contributed by atoms with Gasteiger partial charge in [-0.05, 0) is 44.0 Å². The number of rotatable bonds is 6. The molecular formula is C20H19Cl3N4O2. The Bertz CT molecular complexity index is 1070. The molecule has 0 aliphatic heterocycles. The number of carbonyl (C=O) groups is 2. The van der Waals surface area contributed by atoms with Gasteiger partial charge in [0.05, 0.1) is 21.4 Å². The molecule has 6 nitrogen and oxygen atoms in total. The third-order valence-electron chi connectivity index (χ3n) is 4.37. The summed E-state index contributed by atoms with van der Waals surface area (Å²) in [5.74, 6) is -0.489. The second-order valence-corrected chi connectivity index (χ2v) is 7.83. The SMILES string of the molecule is Cc1nc2c(C)cccn2c1C(=O)NCCCC(=O)Nc1c(Cl)cc(Cl)cc1Cl. The highest BCUT2D eigenvalue weighted by molar-refractivity contribution is 6.42. The van der Waals surface area contributed by atoms with E-state index in [1.54, 1.807) is 11.3 Å². The number of amides is 2. The second kappa shape index (κ2) is 9.03. The van der Waals surface area contributed by atoms with Crippen LogP contribution in [0.3, 0.4) is 0 Å². The number of imidazole rings is 1. The van der Waals surface area contributed by atoms with Crippen LogP contribution in [0, 0.1) is 13.8 Å². The van der Waals surface area contributed by atoms with E-state index >= 15 is 0 Å². The maximum atomic E-state index is 12.6. The number of halogens is 3. The Morgan fingerprint density at radius 1 is 1.14 bits per heavy atom. The molecule has 1 aromatic carbocycles. The Morgan fingerprint density at radius 2 is 1.83 bits per heavy atom. The summed E-state index contributed by atoms with van der Waals surface area (Å²) in [5.41, 5.74) is 3.22. The lowest BCUT2D eigenvalue weighted by molar-refractivity contribution is -0.116. The number of hydrogen-bond donors (Lipinski definition) is 2. The Hall–Kier alpha value is -2.28. The van der Waals surface area contributed by atoms with Crippen LogP contribution in [0.2, 0.25) is 15.1 Å². The molecule has 0 aliphatic carbocycles. The lowest BCUT2D eigenvalue weighted by Crippen LogP contribution is -2.27. The zero-order chi connectivity index (χ0) is 21.1. The summed E-state index contributed by atoms with van der Waals surface area (Å²) >= 11 is 18.0. The molecular weight excluding hydrogens is 435 g/mol. The average molecular weight is 454 g/mol. The normalized spacial score (nSPS) is 10.9. The van der Waals surface area contributed by atoms with Gasteiger partial charge in [0.15, 0.2) is 0 Å². The standard InChI is InChI=1S/C20H19Cl3N4O2/c1-11-5-4-8-27-18(12(2)25-19(11)27)20(29)24-7-3-6-16(28)26-17-14(22)9-13(21)10-15(17)23/h4-5,8-10H,3,6-7H2,1-2H3,(H,24,29)(H,26,28). The van der Waals surface area contributed by atoms with Gasteiger partial charge in [0.25, 0.3) is 5.91 Å². The first-order valence-corrected chi connectivity index (χ1v) is 10.1. The van der Waals surface area contributed by atoms with Crippen molar-refractivity contribution in [1.29, 1.82) is 0 Å². The van der Waals surface area contributed by atoms with E-state index < -0.39 is 0 Å². The third kappa shape index (κ3) is 4.83. The molecule has 2 heterocycles. The fourth-order valence-electron chi connectivity index (χ4n) is 2.99. The summed E-state index contributed by atoms with van der Waals surface area (Å²) in [7, 11) is 0. The van der Waals surface area contributed by atoms with Crippen LogP contribution in [0.1, 0.15) is 34.6 Å². The maximum absolute atomic E-state index is 12.6. The van der Waals surface area contributed by atoms with Gasteiger partial charge in [0, 0.05) is 24.2 Å². The predicted octanol–water partition coefficient (Wildman–Crippen LogP) is 5.06. The summed E-state index contributed by atoms with van der Waals surface area (Å²) in [6, 6.07) is 6.83. The number of aryl methyl sites for hydroxylation is 2. The number of carbonyl (C=O) groups excluding carboxylic acids is 2. The van der Waals surface area contributed by atoms with E-state index in [4.69, 9.17) is 34.8 Å². The number of fused-ring (bicyclic) bond motifs is 1. The molecule has 0 saturated carbocycles. The van der Waals surface area contributed by atoms with Gasteiger partial charge >= 0.3 is 0 Å². The Balaban J connectivity index is 1.55. The Morgan fingerprint density at radius 3 is 2.52 bits per heavy atom. The van der Waals surface area contributed by atoms with Gasteiger partial charge in [-0.25, -0.2) is 4.98 Å². The van der Waals surface area contributed by atoms with Gasteiger partial charge in [-0.1, -0.05) is 40.9 Å². The molecule has 0 atom stereocenters. The van der Waals surface area contributed by atoms with Gasteiger partial charge in [0.1, 0.15) is 11.3 Å². The van der Waals surface area contributed by atoms with E-state index in [0.29, 0.717) is 35.1 Å². The topological polar surface area (TPSA) is 75.5 Å². The molecule has 9 heteroatoms. The molecule has 3 aromatic rings. The maximum Gasteiger partial charge on any atom is 0.270 e. The molecule has 0 aliphatic rings. The van der Waals surface area contributed by atoms with Crippen molar-refractivity contribution in [3.8, 4) is 0 Å². The van der Waals surface area contributed by atoms with Crippen LogP contribution in [0.4, 0.5) is 5.69 Å². The number of hydrogen-bond acceptors (Lipinski definition) is 3. The van der Waals surface area contributed by atoms with Crippen molar-refractivity contribution in [1.82, 2.24) is 14.7 Å². The third-order valence-corrected chi connectivity index (χ3v) is 5.19. The zero-order valence-corrected chi connectivity index (χ0v) is 18.1. The highest BCUT2D eigenvalue weighted by Gasteiger charge is 2.17. The van der Waals surface area contributed by atoms with Crippen molar-refractivity contribution in [3.63, 3.8) is 0 Å². The van der Waals surface area contributed by atoms with Crippen LogP contribution in [0.5, 0.6) is 0 Å². The second-order valence-electron chi connectivity index (χ2n) is 6.58. The molecule has 2 amide bonds. The van der Waals surface area contributed by atoms with E-state index in [9.17, 15) is 9.59 Å². The molecule has 3 rings (SSSR count). The summed E-state index contributed by atoms with van der Waals surface area (Å²) in [5, 5.41) is 6.43. The smallest absolute Gasteiger partial charge is 0.270 e. The van der Waals surface area contributed by atoms with Gasteiger partial charge in [-0.2, -0.15) is 0 Å². The van der Waals surface area contributed by atoms with Crippen LogP contribution < -0.4 is 10.6 Å². The fraction of sp³-hybridized carbons (Fsp3) is 0.250.